The number of amides is 1. The lowest BCUT2D eigenvalue weighted by atomic mass is 10.1. The lowest BCUT2D eigenvalue weighted by Crippen LogP contribution is -2.21. The normalized spacial score (nSPS) is 11.9. The topological polar surface area (TPSA) is 63.2 Å². The maximum atomic E-state index is 12.3. The van der Waals surface area contributed by atoms with Gasteiger partial charge in [0.05, 0.1) is 11.6 Å². The monoisotopic (exact) mass is 321 g/mol. The SMILES string of the molecule is CNC(=O)c1cccnc1NC(C)c1cccc(OC(F)F)c1. The van der Waals surface area contributed by atoms with Gasteiger partial charge in [-0.15, -0.1) is 0 Å². The van der Waals surface area contributed by atoms with Crippen molar-refractivity contribution >= 4 is 11.7 Å². The van der Waals surface area contributed by atoms with Crippen LogP contribution in [0.1, 0.15) is 28.9 Å². The van der Waals surface area contributed by atoms with Gasteiger partial charge in [0.1, 0.15) is 11.6 Å². The van der Waals surface area contributed by atoms with Crippen LogP contribution in [0, 0.1) is 0 Å². The van der Waals surface area contributed by atoms with Gasteiger partial charge < -0.3 is 15.4 Å². The highest BCUT2D eigenvalue weighted by atomic mass is 19.3. The molecule has 0 saturated carbocycles. The number of nitrogens with zero attached hydrogens (tertiary/aromatic N) is 1. The highest BCUT2D eigenvalue weighted by molar-refractivity contribution is 5.98. The Labute approximate surface area is 132 Å². The van der Waals surface area contributed by atoms with Crippen LogP contribution in [0.25, 0.3) is 0 Å². The third-order valence-electron chi connectivity index (χ3n) is 3.22. The fourth-order valence-corrected chi connectivity index (χ4v) is 2.09. The van der Waals surface area contributed by atoms with Crippen LogP contribution in [0.5, 0.6) is 5.75 Å². The largest absolute Gasteiger partial charge is 0.435 e. The number of halogens is 2. The maximum Gasteiger partial charge on any atom is 0.387 e. The molecule has 0 aliphatic carbocycles. The van der Waals surface area contributed by atoms with Gasteiger partial charge in [-0.3, -0.25) is 4.79 Å². The van der Waals surface area contributed by atoms with Gasteiger partial charge in [0.25, 0.3) is 5.91 Å². The van der Waals surface area contributed by atoms with Gasteiger partial charge in [-0.1, -0.05) is 12.1 Å². The van der Waals surface area contributed by atoms with Crippen molar-refractivity contribution in [1.29, 1.82) is 0 Å². The highest BCUT2D eigenvalue weighted by Gasteiger charge is 2.14. The summed E-state index contributed by atoms with van der Waals surface area (Å²) in [5.41, 5.74) is 1.14. The lowest BCUT2D eigenvalue weighted by Gasteiger charge is -2.17. The van der Waals surface area contributed by atoms with E-state index < -0.39 is 6.61 Å². The molecule has 0 saturated heterocycles. The zero-order valence-electron chi connectivity index (χ0n) is 12.7. The van der Waals surface area contributed by atoms with Crippen molar-refractivity contribution < 1.29 is 18.3 Å². The molecule has 1 atom stereocenters. The Morgan fingerprint density at radius 3 is 2.74 bits per heavy atom. The summed E-state index contributed by atoms with van der Waals surface area (Å²) >= 11 is 0. The predicted molar refractivity (Wildman–Crippen MR) is 82.7 cm³/mol. The van der Waals surface area contributed by atoms with Crippen molar-refractivity contribution in [2.24, 2.45) is 0 Å². The number of hydrogen-bond acceptors (Lipinski definition) is 4. The first-order chi connectivity index (χ1) is 11.0. The number of carbonyl (C=O) groups is 1. The Bertz CT molecular complexity index is 680. The molecule has 2 aromatic rings. The van der Waals surface area contributed by atoms with Crippen LogP contribution in [0.4, 0.5) is 14.6 Å². The van der Waals surface area contributed by atoms with Gasteiger partial charge in [-0.05, 0) is 36.8 Å². The zero-order valence-corrected chi connectivity index (χ0v) is 12.7. The summed E-state index contributed by atoms with van der Waals surface area (Å²) in [5, 5.41) is 5.65. The molecule has 2 rings (SSSR count). The average Bonchev–Trinajstić information content (AvgIpc) is 2.54. The molecule has 23 heavy (non-hydrogen) atoms. The highest BCUT2D eigenvalue weighted by Crippen LogP contribution is 2.24. The van der Waals surface area contributed by atoms with E-state index in [1.165, 1.54) is 19.2 Å². The van der Waals surface area contributed by atoms with E-state index >= 15 is 0 Å². The Morgan fingerprint density at radius 1 is 1.26 bits per heavy atom. The molecule has 7 heteroatoms. The minimum Gasteiger partial charge on any atom is -0.435 e. The van der Waals surface area contributed by atoms with E-state index in [1.807, 2.05) is 6.92 Å². The number of nitrogens with one attached hydrogen (secondary N) is 2. The molecule has 5 nitrogen and oxygen atoms in total. The number of ether oxygens (including phenoxy) is 1. The first kappa shape index (κ1) is 16.7. The van der Waals surface area contributed by atoms with Gasteiger partial charge in [0.2, 0.25) is 0 Å². The molecule has 122 valence electrons. The second-order valence-corrected chi connectivity index (χ2v) is 4.80. The van der Waals surface area contributed by atoms with Crippen molar-refractivity contribution in [3.8, 4) is 5.75 Å². The second-order valence-electron chi connectivity index (χ2n) is 4.80. The van der Waals surface area contributed by atoms with Crippen LogP contribution >= 0.6 is 0 Å². The van der Waals surface area contributed by atoms with E-state index in [4.69, 9.17) is 0 Å². The van der Waals surface area contributed by atoms with E-state index in [0.29, 0.717) is 11.4 Å². The molecule has 0 aliphatic rings. The Balaban J connectivity index is 2.19. The average molecular weight is 321 g/mol. The third-order valence-corrected chi connectivity index (χ3v) is 3.22. The van der Waals surface area contributed by atoms with E-state index in [2.05, 4.69) is 20.4 Å². The molecule has 0 radical (unpaired) electrons. The fourth-order valence-electron chi connectivity index (χ4n) is 2.09. The number of anilines is 1. The molecule has 0 spiro atoms. The van der Waals surface area contributed by atoms with E-state index in [-0.39, 0.29) is 17.7 Å². The minimum absolute atomic E-state index is 0.0821. The summed E-state index contributed by atoms with van der Waals surface area (Å²) in [6.07, 6.45) is 1.57. The zero-order chi connectivity index (χ0) is 16.8. The number of carbonyl (C=O) groups excluding carboxylic acids is 1. The number of pyridine rings is 1. The van der Waals surface area contributed by atoms with Gasteiger partial charge >= 0.3 is 6.61 Å². The summed E-state index contributed by atoms with van der Waals surface area (Å²) in [5.74, 6) is 0.237. The summed E-state index contributed by atoms with van der Waals surface area (Å²) in [6, 6.07) is 9.44. The number of rotatable bonds is 6. The number of hydrogen-bond donors (Lipinski definition) is 2. The molecule has 0 bridgehead atoms. The van der Waals surface area contributed by atoms with E-state index in [0.717, 1.165) is 5.56 Å². The van der Waals surface area contributed by atoms with Crippen molar-refractivity contribution in [2.75, 3.05) is 12.4 Å². The first-order valence-electron chi connectivity index (χ1n) is 6.99. The summed E-state index contributed by atoms with van der Waals surface area (Å²) in [7, 11) is 1.54. The van der Waals surface area contributed by atoms with Crippen LogP contribution in [-0.2, 0) is 0 Å². The summed E-state index contributed by atoms with van der Waals surface area (Å²) in [4.78, 5) is 16.0. The number of benzene rings is 1. The van der Waals surface area contributed by atoms with Gasteiger partial charge in [0, 0.05) is 13.2 Å². The third kappa shape index (κ3) is 4.38. The van der Waals surface area contributed by atoms with Gasteiger partial charge in [-0.25, -0.2) is 4.98 Å². The molecular formula is C16H17F2N3O2. The number of aromatic nitrogens is 1. The van der Waals surface area contributed by atoms with Crippen LogP contribution in [0.15, 0.2) is 42.6 Å². The fraction of sp³-hybridized carbons (Fsp3) is 0.250. The molecular weight excluding hydrogens is 304 g/mol. The molecule has 0 aliphatic heterocycles. The van der Waals surface area contributed by atoms with Crippen molar-refractivity contribution in [3.05, 3.63) is 53.7 Å². The quantitative estimate of drug-likeness (QED) is 0.857. The molecule has 1 unspecified atom stereocenters. The molecule has 1 aromatic heterocycles. The van der Waals surface area contributed by atoms with Crippen LogP contribution in [0.2, 0.25) is 0 Å². The summed E-state index contributed by atoms with van der Waals surface area (Å²) in [6.45, 7) is -1.03. The second kappa shape index (κ2) is 7.53. The standard InChI is InChI=1S/C16H17F2N3O2/c1-10(11-5-3-6-12(9-11)23-16(17)18)21-14-13(15(22)19-2)7-4-8-20-14/h3-10,16H,1-2H3,(H,19,22)(H,20,21). The molecule has 2 N–H and O–H groups in total. The minimum atomic E-state index is -2.87. The van der Waals surface area contributed by atoms with Crippen LogP contribution < -0.4 is 15.4 Å². The predicted octanol–water partition coefficient (Wildman–Crippen LogP) is 3.22. The van der Waals surface area contributed by atoms with Gasteiger partial charge in [0.15, 0.2) is 0 Å². The smallest absolute Gasteiger partial charge is 0.387 e. The first-order valence-corrected chi connectivity index (χ1v) is 6.99. The van der Waals surface area contributed by atoms with Crippen LogP contribution in [-0.4, -0.2) is 24.6 Å². The van der Waals surface area contributed by atoms with Crippen molar-refractivity contribution in [3.63, 3.8) is 0 Å². The van der Waals surface area contributed by atoms with Crippen molar-refractivity contribution in [2.45, 2.75) is 19.6 Å². The van der Waals surface area contributed by atoms with Crippen LogP contribution in [0.3, 0.4) is 0 Å². The summed E-state index contributed by atoms with van der Waals surface area (Å²) < 4.78 is 29.0. The van der Waals surface area contributed by atoms with Gasteiger partial charge in [-0.2, -0.15) is 8.78 Å². The maximum absolute atomic E-state index is 12.3. The van der Waals surface area contributed by atoms with Crippen molar-refractivity contribution in [1.82, 2.24) is 10.3 Å². The Morgan fingerprint density at radius 2 is 2.04 bits per heavy atom. The Hall–Kier alpha value is -2.70. The Kier molecular flexibility index (Phi) is 5.46. The molecule has 1 heterocycles. The van der Waals surface area contributed by atoms with E-state index in [9.17, 15) is 13.6 Å². The number of alkyl halides is 2. The van der Waals surface area contributed by atoms with E-state index in [1.54, 1.807) is 30.5 Å². The molecule has 0 fully saturated rings. The molecule has 1 aromatic carbocycles. The lowest BCUT2D eigenvalue weighted by molar-refractivity contribution is -0.0498. The molecule has 1 amide bonds.